The summed E-state index contributed by atoms with van der Waals surface area (Å²) in [5, 5.41) is 5.37. The first-order valence-corrected chi connectivity index (χ1v) is 11.7. The van der Waals surface area contributed by atoms with Crippen molar-refractivity contribution in [1.82, 2.24) is 0 Å². The van der Waals surface area contributed by atoms with Crippen LogP contribution in [-0.2, 0) is 5.41 Å². The minimum atomic E-state index is -0.00721. The Morgan fingerprint density at radius 1 is 0.594 bits per heavy atom. The van der Waals surface area contributed by atoms with Crippen molar-refractivity contribution in [2.75, 3.05) is 0 Å². The standard InChI is InChI=1S/C32H28/c1-20(2)22-10-14-27-29-17-16-26-25-13-11-23(21-8-6-5-7-9-21)18-24(25)12-15-28(26)31(29)32(3,4)30(27)19-22/h5-20H,1-4H3. The molecular formula is C32H28. The molecule has 0 heteroatoms. The molecule has 0 spiro atoms. The molecule has 5 aromatic carbocycles. The fourth-order valence-electron chi connectivity index (χ4n) is 5.66. The molecule has 0 atom stereocenters. The van der Waals surface area contributed by atoms with Crippen molar-refractivity contribution in [3.8, 4) is 22.3 Å². The van der Waals surface area contributed by atoms with Crippen LogP contribution in [0.2, 0.25) is 0 Å². The third kappa shape index (κ3) is 2.69. The van der Waals surface area contributed by atoms with Gasteiger partial charge >= 0.3 is 0 Å². The summed E-state index contributed by atoms with van der Waals surface area (Å²) in [7, 11) is 0. The molecule has 0 nitrogen and oxygen atoms in total. The third-order valence-corrected chi connectivity index (χ3v) is 7.42. The summed E-state index contributed by atoms with van der Waals surface area (Å²) < 4.78 is 0. The quantitative estimate of drug-likeness (QED) is 0.254. The molecular weight excluding hydrogens is 384 g/mol. The first kappa shape index (κ1) is 19.3. The van der Waals surface area contributed by atoms with Crippen molar-refractivity contribution in [3.63, 3.8) is 0 Å². The van der Waals surface area contributed by atoms with Crippen LogP contribution in [0.15, 0.2) is 91.0 Å². The van der Waals surface area contributed by atoms with Crippen molar-refractivity contribution in [1.29, 1.82) is 0 Å². The zero-order chi connectivity index (χ0) is 22.0. The molecule has 0 N–H and O–H groups in total. The van der Waals surface area contributed by atoms with Gasteiger partial charge in [-0.3, -0.25) is 0 Å². The van der Waals surface area contributed by atoms with Crippen LogP contribution < -0.4 is 0 Å². The normalized spacial score (nSPS) is 14.2. The summed E-state index contributed by atoms with van der Waals surface area (Å²) in [6.07, 6.45) is 0. The lowest BCUT2D eigenvalue weighted by Crippen LogP contribution is -2.16. The molecule has 0 saturated heterocycles. The molecule has 0 aromatic heterocycles. The molecule has 0 amide bonds. The molecule has 0 unspecified atom stereocenters. The van der Waals surface area contributed by atoms with E-state index in [1.807, 2.05) is 0 Å². The lowest BCUT2D eigenvalue weighted by Gasteiger charge is -2.24. The first-order valence-electron chi connectivity index (χ1n) is 11.7. The zero-order valence-corrected chi connectivity index (χ0v) is 19.2. The van der Waals surface area contributed by atoms with E-state index in [0.717, 1.165) is 0 Å². The average Bonchev–Trinajstić information content (AvgIpc) is 3.05. The summed E-state index contributed by atoms with van der Waals surface area (Å²) in [6, 6.07) is 34.0. The van der Waals surface area contributed by atoms with E-state index in [1.165, 1.54) is 60.5 Å². The fourth-order valence-corrected chi connectivity index (χ4v) is 5.66. The Morgan fingerprint density at radius 2 is 1.31 bits per heavy atom. The van der Waals surface area contributed by atoms with Gasteiger partial charge in [0.05, 0.1) is 0 Å². The highest BCUT2D eigenvalue weighted by molar-refractivity contribution is 6.12. The minimum absolute atomic E-state index is 0.00721. The lowest BCUT2D eigenvalue weighted by molar-refractivity contribution is 0.663. The van der Waals surface area contributed by atoms with E-state index in [2.05, 4.69) is 119 Å². The summed E-state index contributed by atoms with van der Waals surface area (Å²) in [5.74, 6) is 0.541. The minimum Gasteiger partial charge on any atom is -0.0622 e. The maximum atomic E-state index is 2.44. The lowest BCUT2D eigenvalue weighted by atomic mass is 9.79. The van der Waals surface area contributed by atoms with Gasteiger partial charge in [-0.25, -0.2) is 0 Å². The number of hydrogen-bond donors (Lipinski definition) is 0. The highest BCUT2D eigenvalue weighted by Crippen LogP contribution is 2.52. The van der Waals surface area contributed by atoms with Gasteiger partial charge in [-0.05, 0) is 72.5 Å². The van der Waals surface area contributed by atoms with E-state index in [0.29, 0.717) is 5.92 Å². The number of rotatable bonds is 2. The highest BCUT2D eigenvalue weighted by atomic mass is 14.4. The molecule has 6 rings (SSSR count). The van der Waals surface area contributed by atoms with Crippen molar-refractivity contribution in [3.05, 3.63) is 108 Å². The predicted molar refractivity (Wildman–Crippen MR) is 139 cm³/mol. The van der Waals surface area contributed by atoms with E-state index in [-0.39, 0.29) is 5.41 Å². The smallest absolute Gasteiger partial charge is 0.0165 e. The summed E-state index contributed by atoms with van der Waals surface area (Å²) >= 11 is 0. The van der Waals surface area contributed by atoms with Gasteiger partial charge < -0.3 is 0 Å². The second-order valence-electron chi connectivity index (χ2n) is 10.0. The van der Waals surface area contributed by atoms with Crippen LogP contribution in [0.3, 0.4) is 0 Å². The summed E-state index contributed by atoms with van der Waals surface area (Å²) in [4.78, 5) is 0. The topological polar surface area (TPSA) is 0 Å². The van der Waals surface area contributed by atoms with E-state index >= 15 is 0 Å². The van der Waals surface area contributed by atoms with Crippen LogP contribution in [0, 0.1) is 0 Å². The maximum absolute atomic E-state index is 2.44. The SMILES string of the molecule is CC(C)c1ccc2c(c1)C(C)(C)c1c-2ccc2c1ccc1cc(-c3ccccc3)ccc12. The molecule has 0 radical (unpaired) electrons. The second-order valence-corrected chi connectivity index (χ2v) is 10.0. The van der Waals surface area contributed by atoms with Gasteiger partial charge in [0, 0.05) is 5.41 Å². The van der Waals surface area contributed by atoms with Gasteiger partial charge in [0.1, 0.15) is 0 Å². The predicted octanol–water partition coefficient (Wildman–Crippen LogP) is 9.09. The Kier molecular flexibility index (Phi) is 4.11. The number of hydrogen-bond acceptors (Lipinski definition) is 0. The monoisotopic (exact) mass is 412 g/mol. The number of benzene rings is 5. The van der Waals surface area contributed by atoms with Gasteiger partial charge in [-0.15, -0.1) is 0 Å². The largest absolute Gasteiger partial charge is 0.0622 e. The Labute approximate surface area is 190 Å². The van der Waals surface area contributed by atoms with Gasteiger partial charge in [0.25, 0.3) is 0 Å². The summed E-state index contributed by atoms with van der Waals surface area (Å²) in [6.45, 7) is 9.35. The average molecular weight is 413 g/mol. The van der Waals surface area contributed by atoms with Gasteiger partial charge in [0.15, 0.2) is 0 Å². The Morgan fingerprint density at radius 3 is 2.09 bits per heavy atom. The highest BCUT2D eigenvalue weighted by Gasteiger charge is 2.37. The molecule has 0 saturated carbocycles. The molecule has 0 fully saturated rings. The second kappa shape index (κ2) is 6.81. The third-order valence-electron chi connectivity index (χ3n) is 7.42. The molecule has 0 bridgehead atoms. The van der Waals surface area contributed by atoms with Crippen molar-refractivity contribution >= 4 is 21.5 Å². The molecule has 0 heterocycles. The Balaban J connectivity index is 1.58. The van der Waals surface area contributed by atoms with Crippen LogP contribution in [0.5, 0.6) is 0 Å². The first-order chi connectivity index (χ1) is 15.4. The number of fused-ring (bicyclic) bond motifs is 7. The molecule has 0 aliphatic heterocycles. The molecule has 5 aromatic rings. The molecule has 32 heavy (non-hydrogen) atoms. The summed E-state index contributed by atoms with van der Waals surface area (Å²) in [5.41, 5.74) is 9.68. The van der Waals surface area contributed by atoms with Gasteiger partial charge in [0.2, 0.25) is 0 Å². The van der Waals surface area contributed by atoms with E-state index in [1.54, 1.807) is 0 Å². The van der Waals surface area contributed by atoms with Crippen molar-refractivity contribution < 1.29 is 0 Å². The van der Waals surface area contributed by atoms with Crippen LogP contribution in [0.25, 0.3) is 43.8 Å². The van der Waals surface area contributed by atoms with Crippen molar-refractivity contribution in [2.45, 2.75) is 39.0 Å². The van der Waals surface area contributed by atoms with Crippen molar-refractivity contribution in [2.24, 2.45) is 0 Å². The molecule has 1 aliphatic rings. The van der Waals surface area contributed by atoms with E-state index in [4.69, 9.17) is 0 Å². The van der Waals surface area contributed by atoms with Gasteiger partial charge in [-0.2, -0.15) is 0 Å². The van der Waals surface area contributed by atoms with Crippen LogP contribution in [-0.4, -0.2) is 0 Å². The van der Waals surface area contributed by atoms with Crippen LogP contribution >= 0.6 is 0 Å². The zero-order valence-electron chi connectivity index (χ0n) is 19.2. The molecule has 156 valence electrons. The Hall–Kier alpha value is -3.38. The Bertz CT molecular complexity index is 1500. The van der Waals surface area contributed by atoms with E-state index < -0.39 is 0 Å². The van der Waals surface area contributed by atoms with Crippen LogP contribution in [0.1, 0.15) is 50.3 Å². The van der Waals surface area contributed by atoms with Crippen LogP contribution in [0.4, 0.5) is 0 Å². The maximum Gasteiger partial charge on any atom is 0.0165 e. The van der Waals surface area contributed by atoms with E-state index in [9.17, 15) is 0 Å². The van der Waals surface area contributed by atoms with Gasteiger partial charge in [-0.1, -0.05) is 113 Å². The molecule has 1 aliphatic carbocycles. The fraction of sp³-hybridized carbons (Fsp3) is 0.188.